The normalized spacial score (nSPS) is 10.9. The first-order valence-corrected chi connectivity index (χ1v) is 10.5. The number of aromatic amines is 1. The van der Waals surface area contributed by atoms with E-state index < -0.39 is 0 Å². The van der Waals surface area contributed by atoms with Gasteiger partial charge in [0.15, 0.2) is 0 Å². The number of rotatable bonds is 11. The second-order valence-electron chi connectivity index (χ2n) is 7.45. The molecule has 0 fully saturated rings. The second kappa shape index (κ2) is 11.2. The first-order chi connectivity index (χ1) is 15.1. The Bertz CT molecular complexity index is 1030. The molecule has 0 aliphatic heterocycles. The summed E-state index contributed by atoms with van der Waals surface area (Å²) in [6.45, 7) is 1.32. The summed E-state index contributed by atoms with van der Waals surface area (Å²) < 4.78 is 6.24. The van der Waals surface area contributed by atoms with Crippen LogP contribution in [0.3, 0.4) is 0 Å². The van der Waals surface area contributed by atoms with Crippen molar-refractivity contribution in [1.82, 2.24) is 24.9 Å². The van der Waals surface area contributed by atoms with Gasteiger partial charge in [-0.15, -0.1) is 0 Å². The minimum atomic E-state index is -0.245. The summed E-state index contributed by atoms with van der Waals surface area (Å²) in [5.41, 5.74) is 3.20. The number of ether oxygens (including phenoxy) is 1. The lowest BCUT2D eigenvalue weighted by Crippen LogP contribution is -2.32. The van der Waals surface area contributed by atoms with E-state index in [0.717, 1.165) is 42.6 Å². The molecular formula is C23H29N5O3. The van der Waals surface area contributed by atoms with Crippen molar-refractivity contribution in [1.29, 1.82) is 0 Å². The largest absolute Gasteiger partial charge is 0.383 e. The molecule has 0 spiro atoms. The molecule has 1 amide bonds. The van der Waals surface area contributed by atoms with Gasteiger partial charge in [-0.25, -0.2) is 4.68 Å². The molecule has 1 N–H and O–H groups in total. The predicted molar refractivity (Wildman–Crippen MR) is 119 cm³/mol. The van der Waals surface area contributed by atoms with E-state index in [1.54, 1.807) is 19.1 Å². The highest BCUT2D eigenvalue weighted by molar-refractivity contribution is 5.91. The van der Waals surface area contributed by atoms with Crippen LogP contribution in [-0.4, -0.2) is 58.1 Å². The quantitative estimate of drug-likeness (QED) is 0.479. The maximum absolute atomic E-state index is 12.6. The molecule has 0 unspecified atom stereocenters. The number of carbonyl (C=O) groups excluding carboxylic acids is 1. The van der Waals surface area contributed by atoms with Crippen LogP contribution in [0.15, 0.2) is 53.3 Å². The fourth-order valence-electron chi connectivity index (χ4n) is 3.29. The number of hydrogen-bond acceptors (Lipinski definition) is 5. The Labute approximate surface area is 181 Å². The lowest BCUT2D eigenvalue weighted by atomic mass is 10.1. The van der Waals surface area contributed by atoms with E-state index in [1.165, 1.54) is 16.8 Å². The van der Waals surface area contributed by atoms with Crippen molar-refractivity contribution in [3.63, 3.8) is 0 Å². The van der Waals surface area contributed by atoms with Crippen molar-refractivity contribution in [2.75, 3.05) is 27.3 Å². The molecule has 0 saturated heterocycles. The predicted octanol–water partition coefficient (Wildman–Crippen LogP) is 2.76. The number of hydrogen-bond donors (Lipinski definition) is 1. The molecule has 8 nitrogen and oxygen atoms in total. The van der Waals surface area contributed by atoms with Gasteiger partial charge in [0.05, 0.1) is 18.8 Å². The van der Waals surface area contributed by atoms with Gasteiger partial charge in [0, 0.05) is 38.0 Å². The average molecular weight is 424 g/mol. The van der Waals surface area contributed by atoms with Crippen molar-refractivity contribution < 1.29 is 9.53 Å². The van der Waals surface area contributed by atoms with Crippen molar-refractivity contribution >= 4 is 5.91 Å². The monoisotopic (exact) mass is 423 g/mol. The van der Waals surface area contributed by atoms with E-state index in [0.29, 0.717) is 19.7 Å². The number of amides is 1. The zero-order chi connectivity index (χ0) is 22.1. The SMILES string of the molecule is COCCn1nc(C(=O)N(C)CCCCCc2cc(-c3ccccc3)n[nH]2)ccc1=O. The molecule has 1 aromatic carbocycles. The number of nitrogens with one attached hydrogen (secondary N) is 1. The molecular weight excluding hydrogens is 394 g/mol. The second-order valence-corrected chi connectivity index (χ2v) is 7.45. The molecule has 3 rings (SSSR count). The van der Waals surface area contributed by atoms with Crippen LogP contribution in [0, 0.1) is 0 Å². The Morgan fingerprint density at radius 2 is 1.94 bits per heavy atom. The summed E-state index contributed by atoms with van der Waals surface area (Å²) in [6.07, 6.45) is 3.82. The Hall–Kier alpha value is -3.26. The molecule has 0 atom stereocenters. The fraction of sp³-hybridized carbons (Fsp3) is 0.391. The molecule has 0 aliphatic rings. The van der Waals surface area contributed by atoms with Crippen LogP contribution in [0.4, 0.5) is 0 Å². The minimum absolute atomic E-state index is 0.188. The summed E-state index contributed by atoms with van der Waals surface area (Å²) >= 11 is 0. The minimum Gasteiger partial charge on any atom is -0.383 e. The van der Waals surface area contributed by atoms with E-state index in [9.17, 15) is 9.59 Å². The van der Waals surface area contributed by atoms with Gasteiger partial charge in [-0.05, 0) is 31.4 Å². The molecule has 164 valence electrons. The van der Waals surface area contributed by atoms with Gasteiger partial charge in [0.2, 0.25) is 0 Å². The lowest BCUT2D eigenvalue weighted by Gasteiger charge is -2.17. The van der Waals surface area contributed by atoms with Gasteiger partial charge in [-0.1, -0.05) is 36.8 Å². The van der Waals surface area contributed by atoms with Crippen LogP contribution < -0.4 is 5.56 Å². The number of H-pyrrole nitrogens is 1. The molecule has 0 aliphatic carbocycles. The Balaban J connectivity index is 1.42. The first kappa shape index (κ1) is 22.4. The molecule has 0 radical (unpaired) electrons. The van der Waals surface area contributed by atoms with E-state index >= 15 is 0 Å². The number of unbranched alkanes of at least 4 members (excludes halogenated alkanes) is 2. The highest BCUT2D eigenvalue weighted by Gasteiger charge is 2.14. The standard InChI is InChI=1S/C23H29N5O3/c1-27(23(30)20-12-13-22(29)28(26-20)15-16-31-2)14-8-4-7-11-19-17-21(25-24-19)18-9-5-3-6-10-18/h3,5-6,9-10,12-13,17H,4,7-8,11,14-16H2,1-2H3,(H,24,25). The lowest BCUT2D eigenvalue weighted by molar-refractivity contribution is 0.0783. The summed E-state index contributed by atoms with van der Waals surface area (Å²) in [7, 11) is 3.32. The third-order valence-electron chi connectivity index (χ3n) is 5.08. The summed E-state index contributed by atoms with van der Waals surface area (Å²) in [6, 6.07) is 15.0. The number of methoxy groups -OCH3 is 1. The highest BCUT2D eigenvalue weighted by Crippen LogP contribution is 2.18. The molecule has 8 heteroatoms. The van der Waals surface area contributed by atoms with Crippen LogP contribution in [0.5, 0.6) is 0 Å². The van der Waals surface area contributed by atoms with Crippen LogP contribution in [0.25, 0.3) is 11.3 Å². The van der Waals surface area contributed by atoms with Gasteiger partial charge >= 0.3 is 0 Å². The van der Waals surface area contributed by atoms with Crippen LogP contribution in [-0.2, 0) is 17.7 Å². The number of aryl methyl sites for hydroxylation is 1. The van der Waals surface area contributed by atoms with Crippen molar-refractivity contribution in [2.45, 2.75) is 32.2 Å². The molecule has 0 bridgehead atoms. The van der Waals surface area contributed by atoms with E-state index in [2.05, 4.69) is 21.4 Å². The maximum Gasteiger partial charge on any atom is 0.274 e. The highest BCUT2D eigenvalue weighted by atomic mass is 16.5. The number of aromatic nitrogens is 4. The van der Waals surface area contributed by atoms with E-state index in [4.69, 9.17) is 4.74 Å². The van der Waals surface area contributed by atoms with Gasteiger partial charge < -0.3 is 9.64 Å². The van der Waals surface area contributed by atoms with E-state index in [1.807, 2.05) is 30.3 Å². The number of benzene rings is 1. The third kappa shape index (κ3) is 6.36. The first-order valence-electron chi connectivity index (χ1n) is 10.5. The summed E-state index contributed by atoms with van der Waals surface area (Å²) in [5.74, 6) is -0.188. The third-order valence-corrected chi connectivity index (χ3v) is 5.08. The van der Waals surface area contributed by atoms with Crippen molar-refractivity contribution in [3.05, 3.63) is 70.3 Å². The molecule has 2 heterocycles. The summed E-state index contributed by atoms with van der Waals surface area (Å²) in [4.78, 5) is 26.1. The molecule has 2 aromatic heterocycles. The zero-order valence-corrected chi connectivity index (χ0v) is 18.1. The molecule has 31 heavy (non-hydrogen) atoms. The number of nitrogens with zero attached hydrogens (tertiary/aromatic N) is 4. The van der Waals surface area contributed by atoms with Gasteiger partial charge in [-0.3, -0.25) is 14.7 Å². The van der Waals surface area contributed by atoms with Crippen molar-refractivity contribution in [3.8, 4) is 11.3 Å². The van der Waals surface area contributed by atoms with Crippen LogP contribution >= 0.6 is 0 Å². The van der Waals surface area contributed by atoms with E-state index in [-0.39, 0.29) is 17.2 Å². The summed E-state index contributed by atoms with van der Waals surface area (Å²) in [5, 5.41) is 11.7. The molecule has 0 saturated carbocycles. The average Bonchev–Trinajstić information content (AvgIpc) is 3.27. The Morgan fingerprint density at radius 1 is 1.13 bits per heavy atom. The fourth-order valence-corrected chi connectivity index (χ4v) is 3.29. The van der Waals surface area contributed by atoms with Crippen molar-refractivity contribution in [2.24, 2.45) is 0 Å². The van der Waals surface area contributed by atoms with Crippen LogP contribution in [0.1, 0.15) is 35.4 Å². The topological polar surface area (TPSA) is 93.1 Å². The molecule has 3 aromatic rings. The van der Waals surface area contributed by atoms with Crippen LogP contribution in [0.2, 0.25) is 0 Å². The maximum atomic E-state index is 12.6. The number of carbonyl (C=O) groups is 1. The van der Waals surface area contributed by atoms with Gasteiger partial charge in [-0.2, -0.15) is 10.2 Å². The van der Waals surface area contributed by atoms with Gasteiger partial charge in [0.25, 0.3) is 11.5 Å². The van der Waals surface area contributed by atoms with Gasteiger partial charge in [0.1, 0.15) is 5.69 Å². The Kier molecular flexibility index (Phi) is 8.12. The zero-order valence-electron chi connectivity index (χ0n) is 18.1. The Morgan fingerprint density at radius 3 is 2.71 bits per heavy atom. The smallest absolute Gasteiger partial charge is 0.274 e.